The first-order valence-electron chi connectivity index (χ1n) is 6.56. The highest BCUT2D eigenvalue weighted by Gasteiger charge is 2.31. The maximum atomic E-state index is 2.71. The minimum atomic E-state index is 0.378. The van der Waals surface area contributed by atoms with Crippen LogP contribution in [0.2, 0.25) is 0 Å². The molecule has 15 heavy (non-hydrogen) atoms. The van der Waals surface area contributed by atoms with Gasteiger partial charge in [-0.25, -0.2) is 0 Å². The molecule has 0 amide bonds. The maximum absolute atomic E-state index is 2.71. The van der Waals surface area contributed by atoms with E-state index in [4.69, 9.17) is 0 Å². The van der Waals surface area contributed by atoms with Gasteiger partial charge >= 0.3 is 0 Å². The smallest absolute Gasteiger partial charge is 0.0158 e. The van der Waals surface area contributed by atoms with E-state index in [0.29, 0.717) is 11.0 Å². The Morgan fingerprint density at radius 3 is 1.67 bits per heavy atom. The molecule has 1 aliphatic rings. The van der Waals surface area contributed by atoms with Crippen LogP contribution in [0, 0.1) is 5.41 Å². The lowest BCUT2D eigenvalue weighted by molar-refractivity contribution is 0.0806. The first kappa shape index (κ1) is 13.0. The molecule has 0 atom stereocenters. The minimum Gasteiger partial charge on any atom is -0.298 e. The van der Waals surface area contributed by atoms with Crippen molar-refractivity contribution in [3.63, 3.8) is 0 Å². The summed E-state index contributed by atoms with van der Waals surface area (Å²) in [6.45, 7) is 14.5. The van der Waals surface area contributed by atoms with Crippen molar-refractivity contribution in [2.24, 2.45) is 5.41 Å². The van der Waals surface area contributed by atoms with Crippen LogP contribution in [-0.4, -0.2) is 23.5 Å². The molecule has 0 N–H and O–H groups in total. The fraction of sp³-hybridized carbons (Fsp3) is 1.00. The van der Waals surface area contributed by atoms with Crippen LogP contribution in [0.25, 0.3) is 0 Å². The predicted molar refractivity (Wildman–Crippen MR) is 68.2 cm³/mol. The van der Waals surface area contributed by atoms with Gasteiger partial charge in [-0.3, -0.25) is 4.90 Å². The number of likely N-dealkylation sites (tertiary alicyclic amines) is 1. The lowest BCUT2D eigenvalue weighted by atomic mass is 9.80. The molecule has 0 aromatic rings. The molecule has 0 aromatic heterocycles. The van der Waals surface area contributed by atoms with Crippen molar-refractivity contribution in [3.8, 4) is 0 Å². The van der Waals surface area contributed by atoms with E-state index in [1.54, 1.807) is 0 Å². The molecule has 1 nitrogen and oxygen atoms in total. The molecule has 1 heterocycles. The van der Waals surface area contributed by atoms with Gasteiger partial charge in [0.25, 0.3) is 0 Å². The average Bonchev–Trinajstić information content (AvgIpc) is 2.25. The first-order valence-corrected chi connectivity index (χ1v) is 6.56. The summed E-state index contributed by atoms with van der Waals surface area (Å²) in [5, 5.41) is 0. The van der Waals surface area contributed by atoms with Gasteiger partial charge in [0.15, 0.2) is 0 Å². The van der Waals surface area contributed by atoms with E-state index in [1.807, 2.05) is 0 Å². The van der Waals surface area contributed by atoms with Gasteiger partial charge in [0, 0.05) is 5.54 Å². The van der Waals surface area contributed by atoms with Crippen LogP contribution in [0.1, 0.15) is 66.7 Å². The zero-order chi connectivity index (χ0) is 11.5. The third-order valence-electron chi connectivity index (χ3n) is 3.43. The zero-order valence-electron chi connectivity index (χ0n) is 11.4. The Bertz CT molecular complexity index is 180. The van der Waals surface area contributed by atoms with Gasteiger partial charge in [-0.15, -0.1) is 0 Å². The van der Waals surface area contributed by atoms with Crippen LogP contribution in [-0.2, 0) is 0 Å². The number of rotatable bonds is 2. The Morgan fingerprint density at radius 2 is 1.27 bits per heavy atom. The van der Waals surface area contributed by atoms with E-state index in [9.17, 15) is 0 Å². The van der Waals surface area contributed by atoms with Gasteiger partial charge in [-0.05, 0) is 51.6 Å². The third kappa shape index (κ3) is 4.55. The molecule has 1 saturated heterocycles. The Morgan fingerprint density at radius 1 is 0.800 bits per heavy atom. The van der Waals surface area contributed by atoms with Crippen LogP contribution < -0.4 is 0 Å². The normalized spacial score (nSPS) is 21.4. The van der Waals surface area contributed by atoms with Crippen LogP contribution in [0.15, 0.2) is 0 Å². The molecule has 1 heteroatoms. The van der Waals surface area contributed by atoms with Crippen LogP contribution in [0.3, 0.4) is 0 Å². The summed E-state index contributed by atoms with van der Waals surface area (Å²) in [6, 6.07) is 0. The average molecular weight is 211 g/mol. The molecule has 1 rings (SSSR count). The lowest BCUT2D eigenvalue weighted by Crippen LogP contribution is -2.46. The SMILES string of the molecule is CC(C)(C)CC(C)(C)N1CCCCCC1. The molecule has 0 aromatic carbocycles. The molecule has 0 saturated carbocycles. The summed E-state index contributed by atoms with van der Waals surface area (Å²) >= 11 is 0. The summed E-state index contributed by atoms with van der Waals surface area (Å²) in [5.74, 6) is 0. The summed E-state index contributed by atoms with van der Waals surface area (Å²) in [5.41, 5.74) is 0.818. The highest BCUT2D eigenvalue weighted by Crippen LogP contribution is 2.32. The van der Waals surface area contributed by atoms with E-state index in [1.165, 1.54) is 45.2 Å². The topological polar surface area (TPSA) is 3.24 Å². The molecule has 0 bridgehead atoms. The van der Waals surface area contributed by atoms with Gasteiger partial charge < -0.3 is 0 Å². The Balaban J connectivity index is 2.57. The standard InChI is InChI=1S/C14H29N/c1-13(2,3)12-14(4,5)15-10-8-6-7-9-11-15/h6-12H2,1-5H3. The van der Waals surface area contributed by atoms with Crippen LogP contribution >= 0.6 is 0 Å². The summed E-state index contributed by atoms with van der Waals surface area (Å²) in [6.07, 6.45) is 6.95. The molecule has 0 spiro atoms. The number of nitrogens with zero attached hydrogens (tertiary/aromatic N) is 1. The van der Waals surface area contributed by atoms with Crippen molar-refractivity contribution < 1.29 is 0 Å². The zero-order valence-corrected chi connectivity index (χ0v) is 11.4. The van der Waals surface area contributed by atoms with Gasteiger partial charge in [0.2, 0.25) is 0 Å². The highest BCUT2D eigenvalue weighted by atomic mass is 15.2. The second-order valence-electron chi connectivity index (χ2n) is 6.95. The Hall–Kier alpha value is -0.0400. The third-order valence-corrected chi connectivity index (χ3v) is 3.43. The maximum Gasteiger partial charge on any atom is 0.0158 e. The molecular formula is C14H29N. The number of hydrogen-bond acceptors (Lipinski definition) is 1. The molecule has 0 radical (unpaired) electrons. The fourth-order valence-electron chi connectivity index (χ4n) is 3.09. The second kappa shape index (κ2) is 4.86. The fourth-order valence-corrected chi connectivity index (χ4v) is 3.09. The summed E-state index contributed by atoms with van der Waals surface area (Å²) in [4.78, 5) is 2.71. The highest BCUT2D eigenvalue weighted by molar-refractivity contribution is 4.86. The van der Waals surface area contributed by atoms with E-state index in [2.05, 4.69) is 39.5 Å². The molecule has 90 valence electrons. The second-order valence-corrected chi connectivity index (χ2v) is 6.95. The van der Waals surface area contributed by atoms with E-state index in [0.717, 1.165) is 0 Å². The molecule has 1 fully saturated rings. The summed E-state index contributed by atoms with van der Waals surface area (Å²) in [7, 11) is 0. The first-order chi connectivity index (χ1) is 6.81. The van der Waals surface area contributed by atoms with Crippen molar-refractivity contribution in [2.75, 3.05) is 13.1 Å². The number of hydrogen-bond donors (Lipinski definition) is 0. The van der Waals surface area contributed by atoms with Gasteiger partial charge in [0.05, 0.1) is 0 Å². The van der Waals surface area contributed by atoms with Gasteiger partial charge in [0.1, 0.15) is 0 Å². The van der Waals surface area contributed by atoms with Crippen LogP contribution in [0.4, 0.5) is 0 Å². The lowest BCUT2D eigenvalue weighted by Gasteiger charge is -2.42. The van der Waals surface area contributed by atoms with E-state index < -0.39 is 0 Å². The van der Waals surface area contributed by atoms with E-state index >= 15 is 0 Å². The van der Waals surface area contributed by atoms with Crippen molar-refractivity contribution in [3.05, 3.63) is 0 Å². The molecular weight excluding hydrogens is 182 g/mol. The van der Waals surface area contributed by atoms with Crippen molar-refractivity contribution in [1.82, 2.24) is 4.90 Å². The van der Waals surface area contributed by atoms with Crippen molar-refractivity contribution in [1.29, 1.82) is 0 Å². The minimum absolute atomic E-state index is 0.378. The largest absolute Gasteiger partial charge is 0.298 e. The molecule has 1 aliphatic heterocycles. The quantitative estimate of drug-likeness (QED) is 0.665. The Labute approximate surface area is 96.2 Å². The summed E-state index contributed by atoms with van der Waals surface area (Å²) < 4.78 is 0. The monoisotopic (exact) mass is 211 g/mol. The van der Waals surface area contributed by atoms with Crippen molar-refractivity contribution in [2.45, 2.75) is 72.3 Å². The van der Waals surface area contributed by atoms with Crippen molar-refractivity contribution >= 4 is 0 Å². The molecule has 0 unspecified atom stereocenters. The van der Waals surface area contributed by atoms with Gasteiger partial charge in [-0.1, -0.05) is 33.6 Å². The van der Waals surface area contributed by atoms with Crippen LogP contribution in [0.5, 0.6) is 0 Å². The molecule has 0 aliphatic carbocycles. The Kier molecular flexibility index (Phi) is 4.22. The van der Waals surface area contributed by atoms with E-state index in [-0.39, 0.29) is 0 Å². The van der Waals surface area contributed by atoms with Gasteiger partial charge in [-0.2, -0.15) is 0 Å². The predicted octanol–water partition coefficient (Wildman–Crippen LogP) is 4.08.